The number of fused-ring (bicyclic) bond motifs is 1. The average Bonchev–Trinajstić information content (AvgIpc) is 3.32. The smallest absolute Gasteiger partial charge is 0.412 e. The number of alkyl halides is 3. The van der Waals surface area contributed by atoms with Gasteiger partial charge in [0.15, 0.2) is 23.0 Å². The molecule has 0 aliphatic carbocycles. The van der Waals surface area contributed by atoms with E-state index >= 15 is 0 Å². The number of benzene rings is 2. The van der Waals surface area contributed by atoms with Crippen molar-refractivity contribution in [2.45, 2.75) is 19.1 Å². The molecule has 0 atom stereocenters. The summed E-state index contributed by atoms with van der Waals surface area (Å²) >= 11 is 0. The van der Waals surface area contributed by atoms with Crippen molar-refractivity contribution < 1.29 is 31.8 Å². The van der Waals surface area contributed by atoms with Gasteiger partial charge in [0, 0.05) is 24.7 Å². The fraction of sp³-hybridized carbons (Fsp3) is 0.217. The Hall–Kier alpha value is -4.42. The molecule has 0 saturated heterocycles. The second-order valence-corrected chi connectivity index (χ2v) is 7.56. The Balaban J connectivity index is 1.74. The zero-order valence-corrected chi connectivity index (χ0v) is 19.0. The summed E-state index contributed by atoms with van der Waals surface area (Å²) in [4.78, 5) is 20.3. The molecule has 0 radical (unpaired) electrons. The van der Waals surface area contributed by atoms with Crippen LogP contribution in [-0.2, 0) is 13.0 Å². The largest absolute Gasteiger partial charge is 0.494 e. The van der Waals surface area contributed by atoms with E-state index in [0.717, 1.165) is 19.2 Å². The van der Waals surface area contributed by atoms with Gasteiger partial charge in [0.05, 0.1) is 25.1 Å². The molecule has 9 nitrogen and oxygen atoms in total. The molecule has 3 N–H and O–H groups in total. The number of hydrogen-bond acceptors (Lipinski definition) is 7. The van der Waals surface area contributed by atoms with E-state index in [-0.39, 0.29) is 40.7 Å². The van der Waals surface area contributed by atoms with Crippen molar-refractivity contribution in [3.8, 4) is 22.9 Å². The summed E-state index contributed by atoms with van der Waals surface area (Å²) in [6.45, 7) is 0.135. The van der Waals surface area contributed by atoms with Gasteiger partial charge in [-0.2, -0.15) is 18.3 Å². The summed E-state index contributed by atoms with van der Waals surface area (Å²) in [5.41, 5.74) is 0.432. The Morgan fingerprint density at radius 3 is 2.61 bits per heavy atom. The highest BCUT2D eigenvalue weighted by molar-refractivity contribution is 5.88. The molecule has 0 saturated carbocycles. The summed E-state index contributed by atoms with van der Waals surface area (Å²) in [5.74, 6) is -0.808. The Kier molecular flexibility index (Phi) is 6.90. The maximum absolute atomic E-state index is 14.5. The number of halogens is 4. The highest BCUT2D eigenvalue weighted by Gasteiger charge is 2.31. The van der Waals surface area contributed by atoms with Gasteiger partial charge in [0.25, 0.3) is 0 Å². The Labute approximate surface area is 201 Å². The fourth-order valence-corrected chi connectivity index (χ4v) is 3.49. The van der Waals surface area contributed by atoms with E-state index in [0.29, 0.717) is 16.7 Å². The van der Waals surface area contributed by atoms with Gasteiger partial charge in [-0.25, -0.2) is 19.2 Å². The molecule has 36 heavy (non-hydrogen) atoms. The van der Waals surface area contributed by atoms with Crippen LogP contribution in [0.25, 0.3) is 22.4 Å². The number of nitrogens with one attached hydrogen (secondary N) is 3. The van der Waals surface area contributed by atoms with Crippen LogP contribution in [0, 0.1) is 5.82 Å². The van der Waals surface area contributed by atoms with Crippen LogP contribution in [-0.4, -0.2) is 46.6 Å². The summed E-state index contributed by atoms with van der Waals surface area (Å²) in [6.07, 6.45) is -5.11. The van der Waals surface area contributed by atoms with Crippen LogP contribution in [0.3, 0.4) is 0 Å². The molecule has 2 aromatic carbocycles. The highest BCUT2D eigenvalue weighted by atomic mass is 19.4. The molecule has 0 unspecified atom stereocenters. The molecule has 13 heteroatoms. The third-order valence-corrected chi connectivity index (χ3v) is 5.14. The van der Waals surface area contributed by atoms with Gasteiger partial charge in [-0.1, -0.05) is 18.2 Å². The van der Waals surface area contributed by atoms with Crippen molar-refractivity contribution in [2.24, 2.45) is 0 Å². The maximum Gasteiger partial charge on any atom is 0.412 e. The van der Waals surface area contributed by atoms with Crippen molar-refractivity contribution in [3.05, 3.63) is 59.5 Å². The molecule has 0 aliphatic rings. The number of amides is 1. The molecule has 4 rings (SSSR count). The van der Waals surface area contributed by atoms with Crippen LogP contribution in [0.5, 0.6) is 11.5 Å². The van der Waals surface area contributed by atoms with Gasteiger partial charge in [-0.3, -0.25) is 5.10 Å². The van der Waals surface area contributed by atoms with E-state index in [1.165, 1.54) is 13.2 Å². The van der Waals surface area contributed by atoms with Crippen LogP contribution in [0.1, 0.15) is 11.1 Å². The number of carbonyl (C=O) groups is 1. The second kappa shape index (κ2) is 10.1. The number of nitrogens with zero attached hydrogens (tertiary/aromatic N) is 3. The van der Waals surface area contributed by atoms with Crippen LogP contribution >= 0.6 is 0 Å². The zero-order chi connectivity index (χ0) is 25.9. The summed E-state index contributed by atoms with van der Waals surface area (Å²) in [5, 5.41) is 12.5. The Morgan fingerprint density at radius 2 is 1.89 bits per heavy atom. The van der Waals surface area contributed by atoms with Crippen molar-refractivity contribution in [1.29, 1.82) is 0 Å². The van der Waals surface area contributed by atoms with Crippen LogP contribution < -0.4 is 20.1 Å². The predicted molar refractivity (Wildman–Crippen MR) is 122 cm³/mol. The SMILES string of the molecule is CNC(=O)Oc1ccccc1CNc1nc(-c2cc(F)c(OC)cc2CC(F)(F)F)nc2[nH]ncc12. The van der Waals surface area contributed by atoms with Crippen LogP contribution in [0.2, 0.25) is 0 Å². The summed E-state index contributed by atoms with van der Waals surface area (Å²) < 4.78 is 64.4. The first-order valence-electron chi connectivity index (χ1n) is 10.5. The van der Waals surface area contributed by atoms with Gasteiger partial charge in [-0.05, 0) is 23.8 Å². The normalized spacial score (nSPS) is 11.4. The van der Waals surface area contributed by atoms with Crippen molar-refractivity contribution in [2.75, 3.05) is 19.5 Å². The lowest BCUT2D eigenvalue weighted by atomic mass is 10.0. The topological polar surface area (TPSA) is 114 Å². The minimum atomic E-state index is -4.56. The van der Waals surface area contributed by atoms with Crippen LogP contribution in [0.4, 0.5) is 28.2 Å². The molecular weight excluding hydrogens is 484 g/mol. The van der Waals surface area contributed by atoms with E-state index < -0.39 is 24.5 Å². The average molecular weight is 504 g/mol. The van der Waals surface area contributed by atoms with Crippen molar-refractivity contribution >= 4 is 22.9 Å². The molecule has 1 amide bonds. The van der Waals surface area contributed by atoms with E-state index in [4.69, 9.17) is 9.47 Å². The number of aromatic nitrogens is 4. The van der Waals surface area contributed by atoms with Gasteiger partial charge in [0.2, 0.25) is 0 Å². The monoisotopic (exact) mass is 504 g/mol. The molecule has 0 bridgehead atoms. The lowest BCUT2D eigenvalue weighted by Crippen LogP contribution is -2.22. The Morgan fingerprint density at radius 1 is 1.11 bits per heavy atom. The molecular formula is C23H20F4N6O3. The molecule has 0 spiro atoms. The lowest BCUT2D eigenvalue weighted by molar-refractivity contribution is -0.127. The molecule has 188 valence electrons. The number of carbonyl (C=O) groups excluding carboxylic acids is 1. The first-order chi connectivity index (χ1) is 17.2. The number of para-hydroxylation sites is 1. The van der Waals surface area contributed by atoms with E-state index in [1.54, 1.807) is 24.3 Å². The number of hydrogen-bond donors (Lipinski definition) is 3. The third-order valence-electron chi connectivity index (χ3n) is 5.14. The number of ether oxygens (including phenoxy) is 2. The van der Waals surface area contributed by atoms with Crippen molar-refractivity contribution in [1.82, 2.24) is 25.5 Å². The number of H-pyrrole nitrogens is 1. The number of rotatable bonds is 7. The standard InChI is InChI=1S/C23H20F4N6O3/c1-28-22(34)36-17-6-4-3-5-12(17)10-29-19-15-11-30-33-21(15)32-20(31-19)14-8-16(24)18(35-2)7-13(14)9-23(25,26)27/h3-8,11H,9-10H2,1-2H3,(H,28,34)(H2,29,30,31,32,33). The quantitative estimate of drug-likeness (QED) is 0.315. The second-order valence-electron chi connectivity index (χ2n) is 7.56. The molecule has 2 aromatic heterocycles. The van der Waals surface area contributed by atoms with E-state index in [2.05, 4.69) is 30.8 Å². The van der Waals surface area contributed by atoms with Gasteiger partial charge < -0.3 is 20.1 Å². The summed E-state index contributed by atoms with van der Waals surface area (Å²) in [7, 11) is 2.59. The lowest BCUT2D eigenvalue weighted by Gasteiger charge is -2.15. The number of methoxy groups -OCH3 is 1. The van der Waals surface area contributed by atoms with Gasteiger partial charge in [-0.15, -0.1) is 0 Å². The van der Waals surface area contributed by atoms with Crippen LogP contribution in [0.15, 0.2) is 42.6 Å². The molecule has 0 fully saturated rings. The minimum absolute atomic E-state index is 0.135. The highest BCUT2D eigenvalue weighted by Crippen LogP contribution is 2.34. The fourth-order valence-electron chi connectivity index (χ4n) is 3.49. The molecule has 0 aliphatic heterocycles. The van der Waals surface area contributed by atoms with E-state index in [1.807, 2.05) is 0 Å². The minimum Gasteiger partial charge on any atom is -0.494 e. The van der Waals surface area contributed by atoms with Gasteiger partial charge in [0.1, 0.15) is 11.6 Å². The first-order valence-corrected chi connectivity index (χ1v) is 10.5. The summed E-state index contributed by atoms with van der Waals surface area (Å²) in [6, 6.07) is 8.66. The number of anilines is 1. The zero-order valence-electron chi connectivity index (χ0n) is 19.0. The van der Waals surface area contributed by atoms with Crippen molar-refractivity contribution in [3.63, 3.8) is 0 Å². The third kappa shape index (κ3) is 5.45. The predicted octanol–water partition coefficient (Wildman–Crippen LogP) is 4.60. The van der Waals surface area contributed by atoms with Gasteiger partial charge >= 0.3 is 12.3 Å². The number of aromatic amines is 1. The first kappa shape index (κ1) is 24.7. The van der Waals surface area contributed by atoms with E-state index in [9.17, 15) is 22.4 Å². The molecule has 2 heterocycles. The maximum atomic E-state index is 14.5. The molecule has 4 aromatic rings. The Bertz CT molecular complexity index is 1410.